The Morgan fingerprint density at radius 2 is 1.17 bits per heavy atom. The number of hydrogen-bond donors (Lipinski definition) is 1. The molecule has 0 atom stereocenters. The maximum absolute atomic E-state index is 5.85. The Morgan fingerprint density at radius 3 is 1.76 bits per heavy atom. The largest absolute Gasteiger partial charge is 0.326 e. The van der Waals surface area contributed by atoms with Crippen molar-refractivity contribution in [2.45, 2.75) is 12.1 Å². The van der Waals surface area contributed by atoms with E-state index in [4.69, 9.17) is 21.0 Å². The molecule has 0 radical (unpaired) electrons. The molecule has 0 unspecified atom stereocenters. The minimum Gasteiger partial charge on any atom is -0.326 e. The van der Waals surface area contributed by atoms with Gasteiger partial charge in [0.05, 0.1) is 11.2 Å². The van der Waals surface area contributed by atoms with Gasteiger partial charge in [-0.15, -0.1) is 15.0 Å². The van der Waals surface area contributed by atoms with Gasteiger partial charge < -0.3 is 5.73 Å². The highest BCUT2D eigenvalue weighted by atomic mass is 15.6. The maximum atomic E-state index is 5.85. The predicted molar refractivity (Wildman–Crippen MR) is 166 cm³/mol. The number of nitrogens with zero attached hydrogens (tertiary/aromatic N) is 5. The van der Waals surface area contributed by atoms with E-state index in [0.717, 1.165) is 50.0 Å². The smallest absolute Gasteiger partial charge is 0.205 e. The van der Waals surface area contributed by atoms with E-state index in [0.29, 0.717) is 12.4 Å². The zero-order chi connectivity index (χ0) is 28.4. The number of rotatable bonds is 7. The Labute approximate surface area is 244 Å². The highest BCUT2D eigenvalue weighted by Gasteiger charge is 2.41. The minimum absolute atomic E-state index is 0.498. The molecular formula is C36H28N6. The number of hydrogen-bond acceptors (Lipinski definition) is 5. The molecule has 2 heterocycles. The van der Waals surface area contributed by atoms with E-state index in [2.05, 4.69) is 59.7 Å². The van der Waals surface area contributed by atoms with Crippen LogP contribution in [-0.2, 0) is 12.1 Å². The molecule has 0 saturated carbocycles. The van der Waals surface area contributed by atoms with Crippen LogP contribution >= 0.6 is 0 Å². The van der Waals surface area contributed by atoms with Crippen molar-refractivity contribution in [3.05, 3.63) is 168 Å². The molecule has 0 aliphatic carbocycles. The second-order valence-corrected chi connectivity index (χ2v) is 10.2. The topological polar surface area (TPSA) is 82.5 Å². The third kappa shape index (κ3) is 4.35. The first kappa shape index (κ1) is 25.5. The van der Waals surface area contributed by atoms with Crippen LogP contribution in [0.25, 0.3) is 33.5 Å². The molecule has 0 aliphatic heterocycles. The molecule has 202 valence electrons. The van der Waals surface area contributed by atoms with Gasteiger partial charge in [-0.2, -0.15) is 0 Å². The quantitative estimate of drug-likeness (QED) is 0.222. The van der Waals surface area contributed by atoms with E-state index in [-0.39, 0.29) is 0 Å². The van der Waals surface area contributed by atoms with E-state index >= 15 is 0 Å². The van der Waals surface area contributed by atoms with Crippen LogP contribution in [0.2, 0.25) is 0 Å². The molecule has 0 aliphatic rings. The van der Waals surface area contributed by atoms with Crippen LogP contribution < -0.4 is 5.73 Å². The molecule has 2 N–H and O–H groups in total. The average molecular weight is 545 g/mol. The number of benzene rings is 5. The third-order valence-electron chi connectivity index (χ3n) is 7.72. The molecule has 5 aromatic carbocycles. The van der Waals surface area contributed by atoms with Gasteiger partial charge in [-0.05, 0) is 45.7 Å². The lowest BCUT2D eigenvalue weighted by Gasteiger charge is -2.34. The van der Waals surface area contributed by atoms with Gasteiger partial charge in [0.1, 0.15) is 0 Å². The summed E-state index contributed by atoms with van der Waals surface area (Å²) >= 11 is 0. The lowest BCUT2D eigenvalue weighted by molar-refractivity contribution is 0.396. The number of aromatic nitrogens is 5. The van der Waals surface area contributed by atoms with Gasteiger partial charge >= 0.3 is 0 Å². The molecule has 6 heteroatoms. The number of fused-ring (bicyclic) bond motifs is 1. The summed E-state index contributed by atoms with van der Waals surface area (Å²) in [5.41, 5.74) is 12.7. The zero-order valence-corrected chi connectivity index (χ0v) is 22.9. The summed E-state index contributed by atoms with van der Waals surface area (Å²) in [4.78, 5) is 6.73. The molecule has 2 aromatic heterocycles. The summed E-state index contributed by atoms with van der Waals surface area (Å²) in [7, 11) is 0. The molecular weight excluding hydrogens is 516 g/mol. The molecule has 0 spiro atoms. The molecule has 6 nitrogen and oxygen atoms in total. The van der Waals surface area contributed by atoms with Crippen LogP contribution in [0, 0.1) is 0 Å². The van der Waals surface area contributed by atoms with Gasteiger partial charge in [-0.1, -0.05) is 127 Å². The Balaban J connectivity index is 1.41. The van der Waals surface area contributed by atoms with Crippen molar-refractivity contribution >= 4 is 10.9 Å². The van der Waals surface area contributed by atoms with Crippen molar-refractivity contribution in [3.8, 4) is 22.6 Å². The first-order valence-corrected chi connectivity index (χ1v) is 13.9. The molecule has 7 rings (SSSR count). The van der Waals surface area contributed by atoms with Crippen molar-refractivity contribution in [2.75, 3.05) is 0 Å². The molecule has 0 saturated heterocycles. The lowest BCUT2D eigenvalue weighted by Crippen LogP contribution is -2.39. The Hall–Kier alpha value is -5.46. The first-order valence-electron chi connectivity index (χ1n) is 13.9. The molecule has 0 bridgehead atoms. The van der Waals surface area contributed by atoms with Crippen molar-refractivity contribution in [3.63, 3.8) is 0 Å². The molecule has 7 aromatic rings. The first-order chi connectivity index (χ1) is 20.8. The van der Waals surface area contributed by atoms with Crippen LogP contribution in [0.4, 0.5) is 0 Å². The second-order valence-electron chi connectivity index (χ2n) is 10.2. The van der Waals surface area contributed by atoms with E-state index < -0.39 is 5.54 Å². The number of tetrazole rings is 1. The standard InChI is InChI=1S/C36H28N6/c37-25-26-20-22-33-27(24-26)21-23-34(38-33)31-18-10-11-19-32(31)35-39-41-42(40-35)36(28-12-4-1-5-13-28,29-14-6-2-7-15-29)30-16-8-3-9-17-30/h1-24H,25,37H2. The third-order valence-corrected chi connectivity index (χ3v) is 7.72. The highest BCUT2D eigenvalue weighted by Crippen LogP contribution is 2.40. The van der Waals surface area contributed by atoms with Crippen molar-refractivity contribution in [1.82, 2.24) is 25.2 Å². The van der Waals surface area contributed by atoms with Gasteiger partial charge in [-0.3, -0.25) is 0 Å². The molecule has 42 heavy (non-hydrogen) atoms. The monoisotopic (exact) mass is 544 g/mol. The summed E-state index contributed by atoms with van der Waals surface area (Å²) in [5.74, 6) is 0.526. The Kier molecular flexibility index (Phi) is 6.58. The van der Waals surface area contributed by atoms with Crippen molar-refractivity contribution in [2.24, 2.45) is 5.73 Å². The zero-order valence-electron chi connectivity index (χ0n) is 22.9. The summed E-state index contributed by atoms with van der Waals surface area (Å²) in [6.45, 7) is 0.498. The summed E-state index contributed by atoms with van der Waals surface area (Å²) in [6.07, 6.45) is 0. The van der Waals surface area contributed by atoms with E-state index in [9.17, 15) is 0 Å². The van der Waals surface area contributed by atoms with Crippen LogP contribution in [0.5, 0.6) is 0 Å². The number of pyridine rings is 1. The Morgan fingerprint density at radius 1 is 0.595 bits per heavy atom. The maximum Gasteiger partial charge on any atom is 0.205 e. The molecule has 0 fully saturated rings. The van der Waals surface area contributed by atoms with Crippen LogP contribution in [-0.4, -0.2) is 25.2 Å². The van der Waals surface area contributed by atoms with Gasteiger partial charge in [0.2, 0.25) is 5.82 Å². The van der Waals surface area contributed by atoms with E-state index in [1.807, 2.05) is 91.0 Å². The van der Waals surface area contributed by atoms with Gasteiger partial charge in [0.15, 0.2) is 5.54 Å². The van der Waals surface area contributed by atoms with Crippen molar-refractivity contribution in [1.29, 1.82) is 0 Å². The van der Waals surface area contributed by atoms with Crippen LogP contribution in [0.1, 0.15) is 22.3 Å². The predicted octanol–water partition coefficient (Wildman–Crippen LogP) is 6.85. The van der Waals surface area contributed by atoms with Gasteiger partial charge in [-0.25, -0.2) is 4.98 Å². The van der Waals surface area contributed by atoms with Crippen LogP contribution in [0.15, 0.2) is 146 Å². The fourth-order valence-electron chi connectivity index (χ4n) is 5.70. The normalized spacial score (nSPS) is 11.5. The lowest BCUT2D eigenvalue weighted by atomic mass is 9.77. The molecule has 0 amide bonds. The highest BCUT2D eigenvalue weighted by molar-refractivity contribution is 5.85. The minimum atomic E-state index is -0.841. The fraction of sp³-hybridized carbons (Fsp3) is 0.0556. The number of nitrogens with two attached hydrogens (primary N) is 1. The Bertz CT molecular complexity index is 1870. The fourth-order valence-corrected chi connectivity index (χ4v) is 5.70. The average Bonchev–Trinajstić information content (AvgIpc) is 3.56. The van der Waals surface area contributed by atoms with Gasteiger partial charge in [0.25, 0.3) is 0 Å². The summed E-state index contributed by atoms with van der Waals surface area (Å²) in [6, 6.07) is 49.4. The van der Waals surface area contributed by atoms with Crippen molar-refractivity contribution < 1.29 is 0 Å². The van der Waals surface area contributed by atoms with Gasteiger partial charge in [0, 0.05) is 23.1 Å². The van der Waals surface area contributed by atoms with Crippen LogP contribution in [0.3, 0.4) is 0 Å². The van der Waals surface area contributed by atoms with E-state index in [1.54, 1.807) is 4.80 Å². The summed E-state index contributed by atoms with van der Waals surface area (Å²) in [5, 5.41) is 15.5. The SMILES string of the molecule is NCc1ccc2nc(-c3ccccc3-c3nnn(C(c4ccccc4)(c4ccccc4)c4ccccc4)n3)ccc2c1. The second kappa shape index (κ2) is 10.8. The van der Waals surface area contributed by atoms with E-state index in [1.165, 1.54) is 0 Å². The summed E-state index contributed by atoms with van der Waals surface area (Å²) < 4.78 is 0.